The standard InChI is InChI=1S/C14H26N4O/c1-11(2)8-6-4-5-7-9-16-13-12(15)14(19-3)18-10-17-13/h10-11H,4-9,15H2,1-3H3,(H,16,17,18). The largest absolute Gasteiger partial charge is 0.479 e. The van der Waals surface area contributed by atoms with Crippen LogP contribution in [0.2, 0.25) is 0 Å². The van der Waals surface area contributed by atoms with E-state index in [4.69, 9.17) is 10.5 Å². The van der Waals surface area contributed by atoms with Crippen molar-refractivity contribution in [3.8, 4) is 5.88 Å². The smallest absolute Gasteiger partial charge is 0.242 e. The number of rotatable bonds is 9. The highest BCUT2D eigenvalue weighted by Gasteiger charge is 2.06. The highest BCUT2D eigenvalue weighted by molar-refractivity contribution is 5.66. The van der Waals surface area contributed by atoms with E-state index < -0.39 is 0 Å². The van der Waals surface area contributed by atoms with Gasteiger partial charge in [0.1, 0.15) is 12.0 Å². The Hall–Kier alpha value is -1.52. The fourth-order valence-corrected chi connectivity index (χ4v) is 1.92. The van der Waals surface area contributed by atoms with Gasteiger partial charge in [-0.25, -0.2) is 4.98 Å². The molecule has 0 aliphatic carbocycles. The molecule has 0 atom stereocenters. The van der Waals surface area contributed by atoms with Crippen molar-refractivity contribution in [3.63, 3.8) is 0 Å². The van der Waals surface area contributed by atoms with E-state index in [1.54, 1.807) is 7.11 Å². The summed E-state index contributed by atoms with van der Waals surface area (Å²) in [5, 5.41) is 3.23. The van der Waals surface area contributed by atoms with Crippen molar-refractivity contribution in [1.82, 2.24) is 9.97 Å². The lowest BCUT2D eigenvalue weighted by atomic mass is 10.0. The van der Waals surface area contributed by atoms with Gasteiger partial charge >= 0.3 is 0 Å². The Bertz CT molecular complexity index is 368. The van der Waals surface area contributed by atoms with E-state index in [-0.39, 0.29) is 0 Å². The third kappa shape index (κ3) is 5.77. The number of nitrogens with one attached hydrogen (secondary N) is 1. The first kappa shape index (κ1) is 15.5. The van der Waals surface area contributed by atoms with Gasteiger partial charge in [0.05, 0.1) is 7.11 Å². The molecular weight excluding hydrogens is 240 g/mol. The number of nitrogen functional groups attached to an aromatic ring is 1. The zero-order chi connectivity index (χ0) is 14.1. The van der Waals surface area contributed by atoms with Crippen LogP contribution in [0.25, 0.3) is 0 Å². The Morgan fingerprint density at radius 2 is 1.95 bits per heavy atom. The Morgan fingerprint density at radius 1 is 1.21 bits per heavy atom. The number of anilines is 2. The molecule has 1 aromatic rings. The Balaban J connectivity index is 2.19. The second-order valence-corrected chi connectivity index (χ2v) is 5.17. The van der Waals surface area contributed by atoms with E-state index in [1.165, 1.54) is 32.0 Å². The molecule has 0 amide bonds. The molecule has 1 aromatic heterocycles. The van der Waals surface area contributed by atoms with Gasteiger partial charge in [-0.1, -0.05) is 39.5 Å². The third-order valence-corrected chi connectivity index (χ3v) is 3.04. The van der Waals surface area contributed by atoms with Crippen molar-refractivity contribution in [3.05, 3.63) is 6.33 Å². The Morgan fingerprint density at radius 3 is 2.63 bits per heavy atom. The van der Waals surface area contributed by atoms with Gasteiger partial charge in [0.25, 0.3) is 0 Å². The number of hydrogen-bond donors (Lipinski definition) is 2. The summed E-state index contributed by atoms with van der Waals surface area (Å²) in [7, 11) is 1.55. The van der Waals surface area contributed by atoms with Gasteiger partial charge in [-0.15, -0.1) is 0 Å². The number of hydrogen-bond acceptors (Lipinski definition) is 5. The maximum atomic E-state index is 5.88. The highest BCUT2D eigenvalue weighted by Crippen LogP contribution is 2.23. The van der Waals surface area contributed by atoms with Gasteiger partial charge in [-0.2, -0.15) is 4.98 Å². The Labute approximate surface area is 116 Å². The average Bonchev–Trinajstić information content (AvgIpc) is 2.39. The molecule has 0 aliphatic heterocycles. The van der Waals surface area contributed by atoms with Crippen LogP contribution >= 0.6 is 0 Å². The summed E-state index contributed by atoms with van der Waals surface area (Å²) in [5.74, 6) is 1.90. The average molecular weight is 266 g/mol. The molecule has 0 saturated heterocycles. The molecule has 0 aromatic carbocycles. The summed E-state index contributed by atoms with van der Waals surface area (Å²) in [4.78, 5) is 8.06. The molecule has 5 heteroatoms. The van der Waals surface area contributed by atoms with Crippen molar-refractivity contribution >= 4 is 11.5 Å². The molecule has 1 heterocycles. The summed E-state index contributed by atoms with van der Waals surface area (Å²) >= 11 is 0. The summed E-state index contributed by atoms with van der Waals surface area (Å²) in [6.45, 7) is 5.42. The topological polar surface area (TPSA) is 73.1 Å². The van der Waals surface area contributed by atoms with Crippen LogP contribution in [-0.2, 0) is 0 Å². The van der Waals surface area contributed by atoms with Crippen molar-refractivity contribution in [2.75, 3.05) is 24.7 Å². The minimum atomic E-state index is 0.425. The lowest BCUT2D eigenvalue weighted by Crippen LogP contribution is -2.08. The van der Waals surface area contributed by atoms with Crippen molar-refractivity contribution < 1.29 is 4.74 Å². The molecule has 0 fully saturated rings. The second-order valence-electron chi connectivity index (χ2n) is 5.17. The molecule has 1 rings (SSSR count). The second kappa shape index (κ2) is 8.56. The predicted octanol–water partition coefficient (Wildman–Crippen LogP) is 3.09. The quantitative estimate of drug-likeness (QED) is 0.672. The lowest BCUT2D eigenvalue weighted by molar-refractivity contribution is 0.399. The summed E-state index contributed by atoms with van der Waals surface area (Å²) in [6.07, 6.45) is 7.76. The van der Waals surface area contributed by atoms with E-state index in [1.807, 2.05) is 0 Å². The van der Waals surface area contributed by atoms with Crippen LogP contribution in [-0.4, -0.2) is 23.6 Å². The third-order valence-electron chi connectivity index (χ3n) is 3.04. The molecule has 0 radical (unpaired) electrons. The van der Waals surface area contributed by atoms with Crippen molar-refractivity contribution in [2.45, 2.75) is 46.0 Å². The molecular formula is C14H26N4O. The van der Waals surface area contributed by atoms with Crippen LogP contribution in [0.15, 0.2) is 6.33 Å². The maximum Gasteiger partial charge on any atom is 0.242 e. The number of nitrogens with zero attached hydrogens (tertiary/aromatic N) is 2. The van der Waals surface area contributed by atoms with E-state index in [2.05, 4.69) is 29.1 Å². The first-order valence-electron chi connectivity index (χ1n) is 7.03. The van der Waals surface area contributed by atoms with Crippen molar-refractivity contribution in [1.29, 1.82) is 0 Å². The minimum absolute atomic E-state index is 0.425. The van der Waals surface area contributed by atoms with Crippen LogP contribution < -0.4 is 15.8 Å². The normalized spacial score (nSPS) is 10.7. The van der Waals surface area contributed by atoms with Gasteiger partial charge < -0.3 is 15.8 Å². The molecule has 0 bridgehead atoms. The summed E-state index contributed by atoms with van der Waals surface area (Å²) < 4.78 is 5.05. The molecule has 5 nitrogen and oxygen atoms in total. The van der Waals surface area contributed by atoms with Gasteiger partial charge in [0.2, 0.25) is 5.88 Å². The van der Waals surface area contributed by atoms with Crippen LogP contribution in [0, 0.1) is 5.92 Å². The highest BCUT2D eigenvalue weighted by atomic mass is 16.5. The first-order chi connectivity index (χ1) is 9.15. The van der Waals surface area contributed by atoms with Gasteiger partial charge in [-0.05, 0) is 12.3 Å². The molecule has 0 unspecified atom stereocenters. The number of aromatic nitrogens is 2. The molecule has 19 heavy (non-hydrogen) atoms. The predicted molar refractivity (Wildman–Crippen MR) is 79.4 cm³/mol. The van der Waals surface area contributed by atoms with E-state index >= 15 is 0 Å². The van der Waals surface area contributed by atoms with E-state index in [0.717, 1.165) is 18.9 Å². The fourth-order valence-electron chi connectivity index (χ4n) is 1.92. The Kier molecular flexibility index (Phi) is 7.00. The zero-order valence-electron chi connectivity index (χ0n) is 12.3. The minimum Gasteiger partial charge on any atom is -0.479 e. The zero-order valence-corrected chi connectivity index (χ0v) is 12.3. The van der Waals surface area contributed by atoms with E-state index in [0.29, 0.717) is 17.4 Å². The summed E-state index contributed by atoms with van der Waals surface area (Å²) in [5.41, 5.74) is 6.35. The maximum absolute atomic E-state index is 5.88. The lowest BCUT2D eigenvalue weighted by Gasteiger charge is -2.10. The monoisotopic (exact) mass is 266 g/mol. The van der Waals surface area contributed by atoms with Crippen LogP contribution in [0.5, 0.6) is 5.88 Å². The number of unbranched alkanes of at least 4 members (excludes halogenated alkanes) is 3. The first-order valence-corrected chi connectivity index (χ1v) is 7.03. The number of nitrogens with two attached hydrogens (primary N) is 1. The number of ether oxygens (including phenoxy) is 1. The molecule has 0 spiro atoms. The van der Waals surface area contributed by atoms with Gasteiger partial charge in [0, 0.05) is 6.54 Å². The number of methoxy groups -OCH3 is 1. The van der Waals surface area contributed by atoms with Crippen LogP contribution in [0.1, 0.15) is 46.0 Å². The van der Waals surface area contributed by atoms with Gasteiger partial charge in [0.15, 0.2) is 5.82 Å². The van der Waals surface area contributed by atoms with Crippen molar-refractivity contribution in [2.24, 2.45) is 5.92 Å². The van der Waals surface area contributed by atoms with Crippen LogP contribution in [0.4, 0.5) is 11.5 Å². The van der Waals surface area contributed by atoms with Gasteiger partial charge in [-0.3, -0.25) is 0 Å². The van der Waals surface area contributed by atoms with Crippen LogP contribution in [0.3, 0.4) is 0 Å². The molecule has 0 saturated carbocycles. The van der Waals surface area contributed by atoms with E-state index in [9.17, 15) is 0 Å². The molecule has 3 N–H and O–H groups in total. The summed E-state index contributed by atoms with van der Waals surface area (Å²) in [6, 6.07) is 0. The molecule has 0 aliphatic rings. The molecule has 108 valence electrons. The SMILES string of the molecule is COc1ncnc(NCCCCCCC(C)C)c1N. The fraction of sp³-hybridized carbons (Fsp3) is 0.714.